The smallest absolute Gasteiger partial charge is 0.338 e. The highest BCUT2D eigenvalue weighted by Crippen LogP contribution is 2.08. The van der Waals surface area contributed by atoms with E-state index in [0.717, 1.165) is 16.9 Å². The molecule has 0 N–H and O–H groups in total. The van der Waals surface area contributed by atoms with Gasteiger partial charge in [-0.1, -0.05) is 30.3 Å². The molecular formula is C29H38N6O5. The van der Waals surface area contributed by atoms with Crippen LogP contribution in [-0.4, -0.2) is 102 Å². The summed E-state index contributed by atoms with van der Waals surface area (Å²) >= 11 is 0. The molecule has 0 saturated carbocycles. The van der Waals surface area contributed by atoms with Crippen molar-refractivity contribution in [2.75, 3.05) is 56.5 Å². The van der Waals surface area contributed by atoms with Crippen LogP contribution in [0, 0.1) is 0 Å². The van der Waals surface area contributed by atoms with E-state index in [-0.39, 0.29) is 11.9 Å². The van der Waals surface area contributed by atoms with Crippen LogP contribution in [0.15, 0.2) is 86.6 Å². The van der Waals surface area contributed by atoms with Crippen molar-refractivity contribution in [3.05, 3.63) is 94.9 Å². The van der Waals surface area contributed by atoms with E-state index in [1.54, 1.807) is 70.3 Å². The standard InChI is InChI=1S/2C11H14N2O2.C7H10N2O/c1-13(2)12-8-9-5-4-6-10(7-9)11(14)15-3;1-13(2)12-8-9-6-4-5-7-10(9)11(14)15-3;1-9(2)8-6-7-4-3-5-10-7/h2*4-8H,1-3H3;3-6H,1-2H3/b2*12-8+;8-6+. The van der Waals surface area contributed by atoms with Gasteiger partial charge in [-0.05, 0) is 35.9 Å². The molecule has 0 fully saturated rings. The molecule has 0 spiro atoms. The molecular weight excluding hydrogens is 512 g/mol. The van der Waals surface area contributed by atoms with Crippen LogP contribution in [0.1, 0.15) is 37.6 Å². The molecule has 0 aliphatic carbocycles. The van der Waals surface area contributed by atoms with Gasteiger partial charge in [0.25, 0.3) is 0 Å². The first-order chi connectivity index (χ1) is 19.1. The Kier molecular flexibility index (Phi) is 15.2. The Morgan fingerprint density at radius 3 is 1.88 bits per heavy atom. The molecule has 11 nitrogen and oxygen atoms in total. The molecule has 0 saturated heterocycles. The van der Waals surface area contributed by atoms with Gasteiger partial charge in [0, 0.05) is 47.8 Å². The van der Waals surface area contributed by atoms with E-state index in [9.17, 15) is 9.59 Å². The van der Waals surface area contributed by atoms with Crippen LogP contribution in [-0.2, 0) is 9.47 Å². The summed E-state index contributed by atoms with van der Waals surface area (Å²) in [5.74, 6) is 0.0830. The lowest BCUT2D eigenvalue weighted by Gasteiger charge is -2.05. The summed E-state index contributed by atoms with van der Waals surface area (Å²) in [5.41, 5.74) is 2.66. The predicted octanol–water partition coefficient (Wildman–Crippen LogP) is 3.91. The molecule has 0 aliphatic rings. The number of carbonyl (C=O) groups is 2. The fourth-order valence-electron chi connectivity index (χ4n) is 2.67. The van der Waals surface area contributed by atoms with Crippen molar-refractivity contribution in [1.82, 2.24) is 15.0 Å². The van der Waals surface area contributed by atoms with Crippen LogP contribution in [0.2, 0.25) is 0 Å². The second-order valence-corrected chi connectivity index (χ2v) is 8.49. The minimum Gasteiger partial charge on any atom is -0.465 e. The Morgan fingerprint density at radius 2 is 1.30 bits per heavy atom. The number of furan rings is 1. The molecule has 0 amide bonds. The predicted molar refractivity (Wildman–Crippen MR) is 158 cm³/mol. The Hall–Kier alpha value is -4.93. The lowest BCUT2D eigenvalue weighted by molar-refractivity contribution is 0.0591. The number of hydrazone groups is 3. The van der Waals surface area contributed by atoms with Crippen molar-refractivity contribution < 1.29 is 23.5 Å². The molecule has 40 heavy (non-hydrogen) atoms. The van der Waals surface area contributed by atoms with E-state index in [1.165, 1.54) is 14.2 Å². The maximum absolute atomic E-state index is 11.4. The number of ether oxygens (including phenoxy) is 2. The monoisotopic (exact) mass is 550 g/mol. The minimum absolute atomic E-state index is 0.338. The third-order valence-corrected chi connectivity index (χ3v) is 4.50. The zero-order valence-electron chi connectivity index (χ0n) is 24.3. The van der Waals surface area contributed by atoms with E-state index in [4.69, 9.17) is 4.42 Å². The van der Waals surface area contributed by atoms with Crippen LogP contribution >= 0.6 is 0 Å². The van der Waals surface area contributed by atoms with Crippen molar-refractivity contribution >= 4 is 30.6 Å². The summed E-state index contributed by atoms with van der Waals surface area (Å²) in [7, 11) is 13.7. The third kappa shape index (κ3) is 13.6. The summed E-state index contributed by atoms with van der Waals surface area (Å²) in [6, 6.07) is 18.0. The second-order valence-electron chi connectivity index (χ2n) is 8.49. The van der Waals surface area contributed by atoms with E-state index >= 15 is 0 Å². The number of rotatable bonds is 8. The number of methoxy groups -OCH3 is 2. The Labute approximate surface area is 236 Å². The lowest BCUT2D eigenvalue weighted by atomic mass is 10.1. The van der Waals surface area contributed by atoms with E-state index in [1.807, 2.05) is 72.6 Å². The molecule has 3 aromatic rings. The van der Waals surface area contributed by atoms with Gasteiger partial charge in [0.15, 0.2) is 0 Å². The summed E-state index contributed by atoms with van der Waals surface area (Å²) in [5, 5.41) is 17.2. The summed E-state index contributed by atoms with van der Waals surface area (Å²) in [6.07, 6.45) is 6.61. The molecule has 0 atom stereocenters. The summed E-state index contributed by atoms with van der Waals surface area (Å²) in [4.78, 5) is 22.6. The average molecular weight is 551 g/mol. The number of carbonyl (C=O) groups excluding carboxylic acids is 2. The molecule has 3 rings (SSSR count). The van der Waals surface area contributed by atoms with Gasteiger partial charge in [-0.2, -0.15) is 15.3 Å². The van der Waals surface area contributed by atoms with Crippen molar-refractivity contribution in [3.63, 3.8) is 0 Å². The van der Waals surface area contributed by atoms with Crippen molar-refractivity contribution in [1.29, 1.82) is 0 Å². The Morgan fingerprint density at radius 1 is 0.700 bits per heavy atom. The lowest BCUT2D eigenvalue weighted by Crippen LogP contribution is -2.07. The van der Waals surface area contributed by atoms with Crippen LogP contribution in [0.4, 0.5) is 0 Å². The van der Waals surface area contributed by atoms with Crippen molar-refractivity contribution in [2.45, 2.75) is 0 Å². The minimum atomic E-state index is -0.351. The third-order valence-electron chi connectivity index (χ3n) is 4.50. The van der Waals surface area contributed by atoms with Gasteiger partial charge >= 0.3 is 11.9 Å². The van der Waals surface area contributed by atoms with Crippen LogP contribution in [0.25, 0.3) is 0 Å². The maximum atomic E-state index is 11.4. The van der Waals surface area contributed by atoms with Crippen LogP contribution < -0.4 is 0 Å². The highest BCUT2D eigenvalue weighted by atomic mass is 16.5. The molecule has 1 heterocycles. The topological polar surface area (TPSA) is 113 Å². The largest absolute Gasteiger partial charge is 0.465 e. The number of hydrogen-bond acceptors (Lipinski definition) is 11. The zero-order chi connectivity index (χ0) is 29.9. The summed E-state index contributed by atoms with van der Waals surface area (Å²) in [6.45, 7) is 0. The first-order valence-electron chi connectivity index (χ1n) is 12.1. The van der Waals surface area contributed by atoms with E-state index in [0.29, 0.717) is 11.1 Å². The molecule has 0 unspecified atom stereocenters. The summed E-state index contributed by atoms with van der Waals surface area (Å²) < 4.78 is 14.3. The maximum Gasteiger partial charge on any atom is 0.338 e. The fraction of sp³-hybridized carbons (Fsp3) is 0.276. The van der Waals surface area contributed by atoms with Gasteiger partial charge in [-0.3, -0.25) is 0 Å². The quantitative estimate of drug-likeness (QED) is 0.236. The molecule has 1 aromatic heterocycles. The van der Waals surface area contributed by atoms with E-state index < -0.39 is 0 Å². The number of nitrogens with zero attached hydrogens (tertiary/aromatic N) is 6. The first-order valence-corrected chi connectivity index (χ1v) is 12.1. The SMILES string of the molecule is CN(C)/N=C/c1ccco1.COC(=O)c1cccc(/C=N/N(C)C)c1.COC(=O)c1ccccc1/C=N/N(C)C. The van der Waals surface area contributed by atoms with Crippen molar-refractivity contribution in [2.24, 2.45) is 15.3 Å². The molecule has 0 radical (unpaired) electrons. The van der Waals surface area contributed by atoms with E-state index in [2.05, 4.69) is 24.8 Å². The molecule has 11 heteroatoms. The highest BCUT2D eigenvalue weighted by molar-refractivity contribution is 5.99. The van der Waals surface area contributed by atoms with Gasteiger partial charge < -0.3 is 28.9 Å². The van der Waals surface area contributed by atoms with Crippen LogP contribution in [0.3, 0.4) is 0 Å². The average Bonchev–Trinajstić information content (AvgIpc) is 3.48. The molecule has 0 aliphatic heterocycles. The second kappa shape index (κ2) is 18.3. The van der Waals surface area contributed by atoms with Gasteiger partial charge in [-0.15, -0.1) is 0 Å². The molecule has 0 bridgehead atoms. The number of esters is 2. The Bertz CT molecular complexity index is 1250. The van der Waals surface area contributed by atoms with Gasteiger partial charge in [-0.25, -0.2) is 9.59 Å². The fourth-order valence-corrected chi connectivity index (χ4v) is 2.67. The van der Waals surface area contributed by atoms with Crippen molar-refractivity contribution in [3.8, 4) is 0 Å². The van der Waals surface area contributed by atoms with Gasteiger partial charge in [0.1, 0.15) is 5.76 Å². The zero-order valence-corrected chi connectivity index (χ0v) is 24.3. The number of benzene rings is 2. The van der Waals surface area contributed by atoms with Crippen LogP contribution in [0.5, 0.6) is 0 Å². The normalized spacial score (nSPS) is 10.4. The molecule has 2 aromatic carbocycles. The number of hydrogen-bond donors (Lipinski definition) is 0. The van der Waals surface area contributed by atoms with Gasteiger partial charge in [0.2, 0.25) is 0 Å². The molecule has 214 valence electrons. The highest BCUT2D eigenvalue weighted by Gasteiger charge is 2.08. The first kappa shape index (κ1) is 33.1. The van der Waals surface area contributed by atoms with Gasteiger partial charge in [0.05, 0.1) is 50.3 Å². The Balaban J connectivity index is 0.000000307.